The fourth-order valence-corrected chi connectivity index (χ4v) is 4.19. The Hall–Kier alpha value is -3.03. The molecule has 6 nitrogen and oxygen atoms in total. The minimum atomic E-state index is -4.41. The summed E-state index contributed by atoms with van der Waals surface area (Å²) in [5, 5.41) is 1.84. The van der Waals surface area contributed by atoms with Gasteiger partial charge < -0.3 is 0 Å². The van der Waals surface area contributed by atoms with Gasteiger partial charge in [0, 0.05) is 21.5 Å². The number of hydrogen-bond acceptors (Lipinski definition) is 4. The van der Waals surface area contributed by atoms with Crippen LogP contribution < -0.4 is 5.56 Å². The van der Waals surface area contributed by atoms with Gasteiger partial charge in [-0.1, -0.05) is 30.3 Å². The summed E-state index contributed by atoms with van der Waals surface area (Å²) in [5.74, 6) is 0. The van der Waals surface area contributed by atoms with Crippen molar-refractivity contribution in [3.63, 3.8) is 0 Å². The molecule has 0 aliphatic carbocycles. The summed E-state index contributed by atoms with van der Waals surface area (Å²) >= 11 is 0. The fourth-order valence-electron chi connectivity index (χ4n) is 3.50. The molecule has 0 aliphatic rings. The van der Waals surface area contributed by atoms with E-state index in [1.807, 2.05) is 24.3 Å². The van der Waals surface area contributed by atoms with Gasteiger partial charge >= 0.3 is 0 Å². The first-order valence-corrected chi connectivity index (χ1v) is 8.96. The smallest absolute Gasteiger partial charge is 0.282 e. The predicted molar refractivity (Wildman–Crippen MR) is 95.0 cm³/mol. The van der Waals surface area contributed by atoms with Crippen molar-refractivity contribution < 1.29 is 13.0 Å². The lowest BCUT2D eigenvalue weighted by atomic mass is 10.0. The van der Waals surface area contributed by atoms with Crippen molar-refractivity contribution >= 4 is 48.3 Å². The van der Waals surface area contributed by atoms with E-state index in [0.29, 0.717) is 38.2 Å². The van der Waals surface area contributed by atoms with E-state index in [0.717, 1.165) is 0 Å². The zero-order chi connectivity index (χ0) is 17.3. The van der Waals surface area contributed by atoms with Crippen molar-refractivity contribution in [3.8, 4) is 0 Å². The Morgan fingerprint density at radius 3 is 2.44 bits per heavy atom. The normalized spacial score (nSPS) is 12.7. The van der Waals surface area contributed by atoms with E-state index < -0.39 is 10.1 Å². The summed E-state index contributed by atoms with van der Waals surface area (Å²) in [6.07, 6.45) is 0. The lowest BCUT2D eigenvalue weighted by Gasteiger charge is -2.09. The molecule has 0 atom stereocenters. The predicted octanol–water partition coefficient (Wildman–Crippen LogP) is 2.84. The number of hydrogen-bond donors (Lipinski definition) is 1. The van der Waals surface area contributed by atoms with Crippen LogP contribution in [0.3, 0.4) is 0 Å². The van der Waals surface area contributed by atoms with Crippen LogP contribution in [-0.2, 0) is 10.1 Å². The third-order valence-corrected chi connectivity index (χ3v) is 5.43. The number of pyridine rings is 1. The third-order valence-electron chi connectivity index (χ3n) is 4.51. The van der Waals surface area contributed by atoms with Crippen LogP contribution >= 0.6 is 0 Å². The van der Waals surface area contributed by atoms with Crippen molar-refractivity contribution in [1.29, 1.82) is 0 Å². The van der Waals surface area contributed by atoms with Gasteiger partial charge in [0.15, 0.2) is 0 Å². The standard InChI is InChI=1S/C18H10N2O4S/c21-18-12-8-9-15(25(22,23)24)10-4-3-5-11(16(10)12)17-19-13-6-1-2-7-14(13)20(17)18/h1-9H,(H,22,23,24). The number of benzene rings is 3. The Morgan fingerprint density at radius 1 is 0.880 bits per heavy atom. The second-order valence-electron chi connectivity index (χ2n) is 5.88. The number of fused-ring (bicyclic) bond motifs is 4. The molecule has 0 bridgehead atoms. The van der Waals surface area contributed by atoms with E-state index in [4.69, 9.17) is 0 Å². The highest BCUT2D eigenvalue weighted by Gasteiger charge is 2.20. The first kappa shape index (κ1) is 14.3. The molecule has 25 heavy (non-hydrogen) atoms. The van der Waals surface area contributed by atoms with Gasteiger partial charge in [0.2, 0.25) is 0 Å². The second-order valence-corrected chi connectivity index (χ2v) is 7.27. The maximum Gasteiger partial charge on any atom is 0.295 e. The second kappa shape index (κ2) is 4.53. The highest BCUT2D eigenvalue weighted by molar-refractivity contribution is 7.86. The van der Waals surface area contributed by atoms with Crippen molar-refractivity contribution in [2.24, 2.45) is 0 Å². The van der Waals surface area contributed by atoms with Gasteiger partial charge in [-0.2, -0.15) is 8.42 Å². The van der Waals surface area contributed by atoms with Gasteiger partial charge in [0.1, 0.15) is 10.5 Å². The number of nitrogens with zero attached hydrogens (tertiary/aromatic N) is 2. The molecule has 0 aliphatic heterocycles. The zero-order valence-corrected chi connectivity index (χ0v) is 13.5. The molecule has 0 radical (unpaired) electrons. The highest BCUT2D eigenvalue weighted by Crippen LogP contribution is 2.32. The lowest BCUT2D eigenvalue weighted by Crippen LogP contribution is -2.14. The monoisotopic (exact) mass is 350 g/mol. The van der Waals surface area contributed by atoms with Gasteiger partial charge in [-0.15, -0.1) is 0 Å². The molecule has 2 heterocycles. The number of imidazole rings is 1. The highest BCUT2D eigenvalue weighted by atomic mass is 32.2. The average molecular weight is 350 g/mol. The molecule has 0 saturated carbocycles. The summed E-state index contributed by atoms with van der Waals surface area (Å²) in [6, 6.07) is 15.1. The lowest BCUT2D eigenvalue weighted by molar-refractivity contribution is 0.484. The molecule has 5 aromatic rings. The van der Waals surface area contributed by atoms with Crippen LogP contribution in [-0.4, -0.2) is 22.4 Å². The minimum Gasteiger partial charge on any atom is -0.282 e. The molecular formula is C18H10N2O4S. The van der Waals surface area contributed by atoms with Crippen molar-refractivity contribution in [2.45, 2.75) is 4.90 Å². The Kier molecular flexibility index (Phi) is 2.60. The number of para-hydroxylation sites is 2. The van der Waals surface area contributed by atoms with Crippen LogP contribution in [0.2, 0.25) is 0 Å². The van der Waals surface area contributed by atoms with Crippen LogP contribution in [0.15, 0.2) is 64.3 Å². The average Bonchev–Trinajstić information content (AvgIpc) is 2.98. The molecule has 5 rings (SSSR count). The first-order valence-electron chi connectivity index (χ1n) is 7.52. The van der Waals surface area contributed by atoms with Gasteiger partial charge in [-0.3, -0.25) is 13.7 Å². The molecule has 122 valence electrons. The molecule has 2 aromatic heterocycles. The summed E-state index contributed by atoms with van der Waals surface area (Å²) in [4.78, 5) is 17.4. The van der Waals surface area contributed by atoms with E-state index in [1.165, 1.54) is 12.1 Å². The Balaban J connectivity index is 2.17. The number of rotatable bonds is 1. The quantitative estimate of drug-likeness (QED) is 0.470. The molecule has 0 saturated heterocycles. The molecule has 0 amide bonds. The van der Waals surface area contributed by atoms with Crippen LogP contribution in [0.5, 0.6) is 0 Å². The maximum absolute atomic E-state index is 13.0. The molecular weight excluding hydrogens is 340 g/mol. The summed E-state index contributed by atoms with van der Waals surface area (Å²) in [5.41, 5.74) is 1.58. The van der Waals surface area contributed by atoms with E-state index in [2.05, 4.69) is 4.98 Å². The molecule has 1 N–H and O–H groups in total. The van der Waals surface area contributed by atoms with Crippen molar-refractivity contribution in [3.05, 3.63) is 65.0 Å². The number of aromatic nitrogens is 2. The van der Waals surface area contributed by atoms with Crippen LogP contribution in [0.25, 0.3) is 38.2 Å². The topological polar surface area (TPSA) is 88.7 Å². The van der Waals surface area contributed by atoms with Gasteiger partial charge in [0.25, 0.3) is 15.7 Å². The largest absolute Gasteiger partial charge is 0.295 e. The summed E-state index contributed by atoms with van der Waals surface area (Å²) in [6.45, 7) is 0. The van der Waals surface area contributed by atoms with Crippen molar-refractivity contribution in [2.75, 3.05) is 0 Å². The molecule has 7 heteroatoms. The fraction of sp³-hybridized carbons (Fsp3) is 0. The SMILES string of the molecule is O=c1c2ccc(S(=O)(=O)O)c3cccc(c32)c2nc3ccccc3n12. The Morgan fingerprint density at radius 2 is 1.64 bits per heavy atom. The molecule has 0 fully saturated rings. The van der Waals surface area contributed by atoms with Gasteiger partial charge in [0.05, 0.1) is 11.0 Å². The van der Waals surface area contributed by atoms with E-state index >= 15 is 0 Å². The maximum atomic E-state index is 13.0. The molecule has 0 unspecified atom stereocenters. The van der Waals surface area contributed by atoms with Gasteiger partial charge in [-0.05, 0) is 24.3 Å². The van der Waals surface area contributed by atoms with E-state index in [9.17, 15) is 17.8 Å². The Labute approximate surface area is 141 Å². The summed E-state index contributed by atoms with van der Waals surface area (Å²) in [7, 11) is -4.41. The van der Waals surface area contributed by atoms with Crippen LogP contribution in [0.1, 0.15) is 0 Å². The molecule has 3 aromatic carbocycles. The van der Waals surface area contributed by atoms with E-state index in [-0.39, 0.29) is 10.5 Å². The zero-order valence-electron chi connectivity index (χ0n) is 12.7. The first-order chi connectivity index (χ1) is 12.0. The van der Waals surface area contributed by atoms with Crippen LogP contribution in [0.4, 0.5) is 0 Å². The molecule has 0 spiro atoms. The Bertz CT molecular complexity index is 1490. The minimum absolute atomic E-state index is 0.217. The van der Waals surface area contributed by atoms with E-state index in [1.54, 1.807) is 22.6 Å². The summed E-state index contributed by atoms with van der Waals surface area (Å²) < 4.78 is 34.4. The van der Waals surface area contributed by atoms with Crippen LogP contribution in [0, 0.1) is 0 Å². The third kappa shape index (κ3) is 1.79. The van der Waals surface area contributed by atoms with Gasteiger partial charge in [-0.25, -0.2) is 4.98 Å². The van der Waals surface area contributed by atoms with Crippen molar-refractivity contribution in [1.82, 2.24) is 9.38 Å².